The zero-order valence-electron chi connectivity index (χ0n) is 20.7. The lowest BCUT2D eigenvalue weighted by atomic mass is 9.87. The fraction of sp³-hybridized carbons (Fsp3) is 0.333. The lowest BCUT2D eigenvalue weighted by Crippen LogP contribution is -2.41. The Bertz CT molecular complexity index is 1270. The van der Waals surface area contributed by atoms with E-state index in [1.807, 2.05) is 23.1 Å². The van der Waals surface area contributed by atoms with Gasteiger partial charge < -0.3 is 15.0 Å². The molecule has 1 saturated carbocycles. The maximum absolute atomic E-state index is 13.4. The predicted molar refractivity (Wildman–Crippen MR) is 136 cm³/mol. The number of nitrogens with zero attached hydrogens (tertiary/aromatic N) is 1. The predicted octanol–water partition coefficient (Wildman–Crippen LogP) is 5.10. The van der Waals surface area contributed by atoms with Gasteiger partial charge in [0.15, 0.2) is 6.10 Å². The van der Waals surface area contributed by atoms with Crippen LogP contribution in [0.2, 0.25) is 0 Å². The summed E-state index contributed by atoms with van der Waals surface area (Å²) in [6.45, 7) is 4.67. The van der Waals surface area contributed by atoms with E-state index in [0.29, 0.717) is 17.9 Å². The molecular weight excluding hydrogens is 455 g/mol. The molecule has 0 bridgehead atoms. The fourth-order valence-corrected chi connectivity index (χ4v) is 4.81. The first-order valence-corrected chi connectivity index (χ1v) is 12.6. The maximum atomic E-state index is 13.4. The van der Waals surface area contributed by atoms with Crippen LogP contribution in [0.4, 0.5) is 4.39 Å². The topological polar surface area (TPSA) is 58.6 Å². The van der Waals surface area contributed by atoms with Crippen LogP contribution in [0.1, 0.15) is 53.6 Å². The first-order chi connectivity index (χ1) is 17.4. The molecule has 0 saturated heterocycles. The van der Waals surface area contributed by atoms with Crippen molar-refractivity contribution in [2.45, 2.75) is 51.8 Å². The van der Waals surface area contributed by atoms with Crippen LogP contribution in [0.25, 0.3) is 0 Å². The molecule has 1 N–H and O–H groups in total. The molecule has 2 atom stereocenters. The van der Waals surface area contributed by atoms with Gasteiger partial charge in [0, 0.05) is 19.0 Å². The molecule has 2 aliphatic rings. The van der Waals surface area contributed by atoms with E-state index in [9.17, 15) is 14.0 Å². The van der Waals surface area contributed by atoms with Gasteiger partial charge in [0.05, 0.1) is 6.04 Å². The third-order valence-corrected chi connectivity index (χ3v) is 6.99. The van der Waals surface area contributed by atoms with E-state index in [1.165, 1.54) is 23.3 Å². The minimum atomic E-state index is -0.734. The quantitative estimate of drug-likeness (QED) is 0.505. The lowest BCUT2D eigenvalue weighted by molar-refractivity contribution is -0.134. The smallest absolute Gasteiger partial charge is 0.261 e. The Hall–Kier alpha value is -3.67. The molecule has 186 valence electrons. The molecule has 5 nitrogen and oxygen atoms in total. The fourth-order valence-electron chi connectivity index (χ4n) is 4.81. The largest absolute Gasteiger partial charge is 0.481 e. The van der Waals surface area contributed by atoms with E-state index in [4.69, 9.17) is 4.74 Å². The number of hydrogen-bond acceptors (Lipinski definition) is 3. The number of carbonyl (C=O) groups excluding carboxylic acids is 2. The first kappa shape index (κ1) is 24.0. The van der Waals surface area contributed by atoms with E-state index < -0.39 is 6.10 Å². The molecule has 1 aliphatic heterocycles. The Morgan fingerprint density at radius 3 is 2.58 bits per heavy atom. The van der Waals surface area contributed by atoms with Gasteiger partial charge >= 0.3 is 0 Å². The summed E-state index contributed by atoms with van der Waals surface area (Å²) < 4.78 is 19.4. The number of aryl methyl sites for hydroxylation is 1. The highest BCUT2D eigenvalue weighted by atomic mass is 19.1. The summed E-state index contributed by atoms with van der Waals surface area (Å²) in [7, 11) is 0. The van der Waals surface area contributed by atoms with Crippen molar-refractivity contribution >= 4 is 11.8 Å². The van der Waals surface area contributed by atoms with E-state index in [2.05, 4.69) is 36.5 Å². The van der Waals surface area contributed by atoms with Crippen molar-refractivity contribution in [3.8, 4) is 5.75 Å². The molecule has 1 heterocycles. The minimum Gasteiger partial charge on any atom is -0.481 e. The Kier molecular flexibility index (Phi) is 6.77. The second-order valence-electron chi connectivity index (χ2n) is 9.84. The summed E-state index contributed by atoms with van der Waals surface area (Å²) in [6.07, 6.45) is 1.99. The second kappa shape index (κ2) is 10.1. The molecule has 6 heteroatoms. The average Bonchev–Trinajstić information content (AvgIpc) is 3.72. The van der Waals surface area contributed by atoms with Crippen molar-refractivity contribution in [3.63, 3.8) is 0 Å². The van der Waals surface area contributed by atoms with E-state index in [-0.39, 0.29) is 36.1 Å². The van der Waals surface area contributed by atoms with Gasteiger partial charge in [-0.1, -0.05) is 48.0 Å². The van der Waals surface area contributed by atoms with Crippen LogP contribution in [0.15, 0.2) is 66.7 Å². The number of nitrogens with one attached hydrogen (secondary N) is 1. The van der Waals surface area contributed by atoms with Gasteiger partial charge in [-0.15, -0.1) is 0 Å². The highest BCUT2D eigenvalue weighted by Crippen LogP contribution is 2.41. The van der Waals surface area contributed by atoms with Crippen molar-refractivity contribution in [1.29, 1.82) is 0 Å². The molecule has 0 aromatic heterocycles. The summed E-state index contributed by atoms with van der Waals surface area (Å²) >= 11 is 0. The van der Waals surface area contributed by atoms with Crippen LogP contribution >= 0.6 is 0 Å². The first-order valence-electron chi connectivity index (χ1n) is 12.6. The van der Waals surface area contributed by atoms with Crippen LogP contribution in [-0.2, 0) is 22.6 Å². The summed E-state index contributed by atoms with van der Waals surface area (Å²) in [4.78, 5) is 27.9. The van der Waals surface area contributed by atoms with Gasteiger partial charge in [0.25, 0.3) is 5.91 Å². The SMILES string of the molecule is Cc1ccc([C@@H]2c3cc(O[C@H](C)C(=O)NCc4cccc(F)c4)ccc3CCN2C(=O)C2CC2)cc1. The van der Waals surface area contributed by atoms with Crippen LogP contribution in [0.3, 0.4) is 0 Å². The number of carbonyl (C=O) groups is 2. The van der Waals surface area contributed by atoms with Gasteiger partial charge in [0.2, 0.25) is 5.91 Å². The van der Waals surface area contributed by atoms with Crippen molar-refractivity contribution in [3.05, 3.63) is 100 Å². The standard InChI is InChI=1S/C30H31FN2O3/c1-19-6-8-23(9-7-19)28-27-17-26(13-12-22(27)14-15-33(28)30(35)24-10-11-24)36-20(2)29(34)32-18-21-4-3-5-25(31)16-21/h3-9,12-13,16-17,20,24,28H,10-11,14-15,18H2,1-2H3,(H,32,34)/t20-,28-/m1/s1. The van der Waals surface area contributed by atoms with Crippen LogP contribution in [0.5, 0.6) is 5.75 Å². The molecule has 0 radical (unpaired) electrons. The van der Waals surface area contributed by atoms with Gasteiger partial charge in [-0.2, -0.15) is 0 Å². The Morgan fingerprint density at radius 1 is 1.08 bits per heavy atom. The normalized spacial score (nSPS) is 17.8. The number of halogens is 1. The number of amides is 2. The monoisotopic (exact) mass is 486 g/mol. The van der Waals surface area contributed by atoms with E-state index >= 15 is 0 Å². The van der Waals surface area contributed by atoms with Gasteiger partial charge in [-0.05, 0) is 79.6 Å². The number of benzene rings is 3. The second-order valence-corrected chi connectivity index (χ2v) is 9.84. The van der Waals surface area contributed by atoms with E-state index in [1.54, 1.807) is 19.1 Å². The number of ether oxygens (including phenoxy) is 1. The van der Waals surface area contributed by atoms with Gasteiger partial charge in [-0.3, -0.25) is 9.59 Å². The highest BCUT2D eigenvalue weighted by Gasteiger charge is 2.39. The third kappa shape index (κ3) is 5.27. The van der Waals surface area contributed by atoms with E-state index in [0.717, 1.165) is 30.4 Å². The molecule has 2 amide bonds. The zero-order valence-corrected chi connectivity index (χ0v) is 20.7. The molecule has 3 aromatic carbocycles. The molecule has 5 rings (SSSR count). The molecular formula is C30H31FN2O3. The maximum Gasteiger partial charge on any atom is 0.261 e. The average molecular weight is 487 g/mol. The molecule has 3 aromatic rings. The number of fused-ring (bicyclic) bond motifs is 1. The number of hydrogen-bond donors (Lipinski definition) is 1. The van der Waals surface area contributed by atoms with Crippen LogP contribution in [0, 0.1) is 18.7 Å². The van der Waals surface area contributed by atoms with Crippen molar-refractivity contribution < 1.29 is 18.7 Å². The van der Waals surface area contributed by atoms with Crippen LogP contribution in [-0.4, -0.2) is 29.4 Å². The Labute approximate surface area is 211 Å². The Morgan fingerprint density at radius 2 is 1.86 bits per heavy atom. The van der Waals surface area contributed by atoms with Gasteiger partial charge in [-0.25, -0.2) is 4.39 Å². The van der Waals surface area contributed by atoms with Crippen LogP contribution < -0.4 is 10.1 Å². The highest BCUT2D eigenvalue weighted by molar-refractivity contribution is 5.82. The molecule has 1 fully saturated rings. The molecule has 0 spiro atoms. The Balaban J connectivity index is 1.35. The number of rotatable bonds is 7. The minimum absolute atomic E-state index is 0.140. The molecule has 36 heavy (non-hydrogen) atoms. The van der Waals surface area contributed by atoms with Crippen molar-refractivity contribution in [1.82, 2.24) is 10.2 Å². The van der Waals surface area contributed by atoms with Crippen molar-refractivity contribution in [2.75, 3.05) is 6.54 Å². The third-order valence-electron chi connectivity index (χ3n) is 6.99. The molecule has 0 unspecified atom stereocenters. The van der Waals surface area contributed by atoms with Crippen molar-refractivity contribution in [2.24, 2.45) is 5.92 Å². The summed E-state index contributed by atoms with van der Waals surface area (Å²) in [6, 6.07) is 20.2. The lowest BCUT2D eigenvalue weighted by Gasteiger charge is -2.38. The zero-order chi connectivity index (χ0) is 25.2. The molecule has 1 aliphatic carbocycles. The van der Waals surface area contributed by atoms with Gasteiger partial charge in [0.1, 0.15) is 11.6 Å². The summed E-state index contributed by atoms with van der Waals surface area (Å²) in [5.41, 5.74) is 5.17. The summed E-state index contributed by atoms with van der Waals surface area (Å²) in [5, 5.41) is 2.81. The summed E-state index contributed by atoms with van der Waals surface area (Å²) in [5.74, 6) is 0.332.